The lowest BCUT2D eigenvalue weighted by Crippen LogP contribution is -1.89. The Balaban J connectivity index is 2.24. The topological polar surface area (TPSA) is 18.5 Å². The first-order chi connectivity index (χ1) is 7.79. The zero-order valence-electron chi connectivity index (χ0n) is 8.74. The molecule has 0 bridgehead atoms. The molecule has 0 aromatic heterocycles. The molecular formula is C13H10FO2. The van der Waals surface area contributed by atoms with Gasteiger partial charge in [-0.1, -0.05) is 18.2 Å². The molecule has 16 heavy (non-hydrogen) atoms. The van der Waals surface area contributed by atoms with Gasteiger partial charge in [0.15, 0.2) is 11.6 Å². The Labute approximate surface area is 93.2 Å². The fraction of sp³-hybridized carbons (Fsp3) is 0.0769. The lowest BCUT2D eigenvalue weighted by atomic mass is 10.3. The van der Waals surface area contributed by atoms with Crippen LogP contribution in [0.25, 0.3) is 0 Å². The van der Waals surface area contributed by atoms with E-state index in [1.807, 2.05) is 0 Å². The molecule has 1 radical (unpaired) electrons. The molecule has 0 spiro atoms. The number of hydrogen-bond acceptors (Lipinski definition) is 2. The van der Waals surface area contributed by atoms with Gasteiger partial charge in [-0.3, -0.25) is 0 Å². The molecule has 2 nitrogen and oxygen atoms in total. The normalized spacial score (nSPS) is 9.88. The first kappa shape index (κ1) is 10.5. The molecule has 2 aromatic rings. The first-order valence-electron chi connectivity index (χ1n) is 4.77. The largest absolute Gasteiger partial charge is 0.497 e. The molecule has 2 rings (SSSR count). The second kappa shape index (κ2) is 4.66. The van der Waals surface area contributed by atoms with Crippen LogP contribution in [0.1, 0.15) is 0 Å². The Bertz CT molecular complexity index is 483. The third-order valence-electron chi connectivity index (χ3n) is 2.04. The van der Waals surface area contributed by atoms with Gasteiger partial charge < -0.3 is 9.47 Å². The molecule has 0 unspecified atom stereocenters. The smallest absolute Gasteiger partial charge is 0.173 e. The summed E-state index contributed by atoms with van der Waals surface area (Å²) in [5.74, 6) is 0.830. The zero-order valence-corrected chi connectivity index (χ0v) is 8.74. The predicted octanol–water partition coefficient (Wildman–Crippen LogP) is 3.43. The van der Waals surface area contributed by atoms with Crippen LogP contribution in [0.3, 0.4) is 0 Å². The third kappa shape index (κ3) is 2.31. The van der Waals surface area contributed by atoms with E-state index in [-0.39, 0.29) is 5.75 Å². The van der Waals surface area contributed by atoms with Crippen LogP contribution < -0.4 is 9.47 Å². The highest BCUT2D eigenvalue weighted by Crippen LogP contribution is 2.26. The number of halogens is 1. The number of rotatable bonds is 3. The fourth-order valence-electron chi connectivity index (χ4n) is 1.27. The van der Waals surface area contributed by atoms with Crippen LogP contribution in [0.5, 0.6) is 17.2 Å². The number of benzene rings is 2. The van der Waals surface area contributed by atoms with Crippen molar-refractivity contribution < 1.29 is 13.9 Å². The van der Waals surface area contributed by atoms with E-state index in [1.165, 1.54) is 6.07 Å². The molecule has 81 valence electrons. The van der Waals surface area contributed by atoms with Crippen molar-refractivity contribution in [2.24, 2.45) is 0 Å². The average molecular weight is 217 g/mol. The SMILES string of the molecule is COc1cccc(Oc2ccc[c]c2F)c1. The van der Waals surface area contributed by atoms with E-state index in [0.717, 1.165) is 0 Å². The van der Waals surface area contributed by atoms with E-state index in [0.29, 0.717) is 11.5 Å². The molecule has 0 saturated carbocycles. The molecular weight excluding hydrogens is 207 g/mol. The van der Waals surface area contributed by atoms with Gasteiger partial charge in [0.25, 0.3) is 0 Å². The molecule has 0 heterocycles. The lowest BCUT2D eigenvalue weighted by Gasteiger charge is -2.07. The summed E-state index contributed by atoms with van der Waals surface area (Å²) in [5, 5.41) is 0. The molecule has 0 amide bonds. The van der Waals surface area contributed by atoms with E-state index in [9.17, 15) is 4.39 Å². The van der Waals surface area contributed by atoms with Gasteiger partial charge in [0.1, 0.15) is 11.5 Å². The van der Waals surface area contributed by atoms with Crippen LogP contribution in [-0.4, -0.2) is 7.11 Å². The van der Waals surface area contributed by atoms with E-state index in [4.69, 9.17) is 9.47 Å². The monoisotopic (exact) mass is 217 g/mol. The highest BCUT2D eigenvalue weighted by Gasteiger charge is 2.04. The van der Waals surface area contributed by atoms with E-state index < -0.39 is 5.82 Å². The van der Waals surface area contributed by atoms with Crippen LogP contribution in [0.2, 0.25) is 0 Å². The van der Waals surface area contributed by atoms with Crippen LogP contribution in [0.15, 0.2) is 42.5 Å². The third-order valence-corrected chi connectivity index (χ3v) is 2.04. The van der Waals surface area contributed by atoms with Gasteiger partial charge in [0, 0.05) is 12.1 Å². The van der Waals surface area contributed by atoms with E-state index in [2.05, 4.69) is 6.07 Å². The Morgan fingerprint density at radius 2 is 1.94 bits per heavy atom. The molecule has 0 saturated heterocycles. The summed E-state index contributed by atoms with van der Waals surface area (Å²) in [7, 11) is 1.57. The average Bonchev–Trinajstić information content (AvgIpc) is 2.32. The van der Waals surface area contributed by atoms with Gasteiger partial charge in [0.05, 0.1) is 7.11 Å². The summed E-state index contributed by atoms with van der Waals surface area (Å²) >= 11 is 0. The van der Waals surface area contributed by atoms with Gasteiger partial charge >= 0.3 is 0 Å². The van der Waals surface area contributed by atoms with Gasteiger partial charge in [-0.15, -0.1) is 0 Å². The van der Waals surface area contributed by atoms with Crippen LogP contribution in [0.4, 0.5) is 4.39 Å². The van der Waals surface area contributed by atoms with Gasteiger partial charge in [-0.05, 0) is 18.2 Å². The lowest BCUT2D eigenvalue weighted by molar-refractivity contribution is 0.405. The number of ether oxygens (including phenoxy) is 2. The maximum Gasteiger partial charge on any atom is 0.173 e. The molecule has 0 aliphatic carbocycles. The van der Waals surface area contributed by atoms with Crippen molar-refractivity contribution in [3.8, 4) is 17.2 Å². The van der Waals surface area contributed by atoms with Crippen molar-refractivity contribution in [3.05, 3.63) is 54.3 Å². The van der Waals surface area contributed by atoms with Crippen molar-refractivity contribution in [3.63, 3.8) is 0 Å². The van der Waals surface area contributed by atoms with Crippen molar-refractivity contribution in [2.75, 3.05) is 7.11 Å². The maximum absolute atomic E-state index is 13.2. The van der Waals surface area contributed by atoms with Crippen molar-refractivity contribution in [1.82, 2.24) is 0 Å². The van der Waals surface area contributed by atoms with Gasteiger partial charge in [-0.2, -0.15) is 0 Å². The summed E-state index contributed by atoms with van der Waals surface area (Å²) < 4.78 is 23.7. The van der Waals surface area contributed by atoms with Crippen molar-refractivity contribution in [2.45, 2.75) is 0 Å². The molecule has 0 aliphatic heterocycles. The maximum atomic E-state index is 13.2. The quantitative estimate of drug-likeness (QED) is 0.784. The molecule has 0 aliphatic rings. The Morgan fingerprint density at radius 3 is 2.69 bits per heavy atom. The van der Waals surface area contributed by atoms with E-state index >= 15 is 0 Å². The second-order valence-electron chi connectivity index (χ2n) is 3.13. The second-order valence-corrected chi connectivity index (χ2v) is 3.13. The van der Waals surface area contributed by atoms with Crippen LogP contribution in [0, 0.1) is 11.9 Å². The predicted molar refractivity (Wildman–Crippen MR) is 58.3 cm³/mol. The van der Waals surface area contributed by atoms with Crippen LogP contribution >= 0.6 is 0 Å². The summed E-state index contributed by atoms with van der Waals surface area (Å²) in [6.45, 7) is 0. The Kier molecular flexibility index (Phi) is 3.05. The molecule has 3 heteroatoms. The fourth-order valence-corrected chi connectivity index (χ4v) is 1.27. The standard InChI is InChI=1S/C13H10FO2/c1-15-10-5-4-6-11(9-10)16-13-8-3-2-7-12(13)14/h2-6,8-9H,1H3. The molecule has 2 aromatic carbocycles. The molecule has 0 N–H and O–H groups in total. The van der Waals surface area contributed by atoms with Crippen molar-refractivity contribution >= 4 is 0 Å². The highest BCUT2D eigenvalue weighted by molar-refractivity contribution is 5.36. The Morgan fingerprint density at radius 1 is 1.12 bits per heavy atom. The van der Waals surface area contributed by atoms with Gasteiger partial charge in [0.2, 0.25) is 0 Å². The minimum absolute atomic E-state index is 0.149. The molecule has 0 atom stereocenters. The number of hydrogen-bond donors (Lipinski definition) is 0. The highest BCUT2D eigenvalue weighted by atomic mass is 19.1. The molecule has 0 fully saturated rings. The minimum atomic E-state index is -0.509. The first-order valence-corrected chi connectivity index (χ1v) is 4.77. The zero-order chi connectivity index (χ0) is 11.4. The van der Waals surface area contributed by atoms with Crippen LogP contribution in [-0.2, 0) is 0 Å². The van der Waals surface area contributed by atoms with Gasteiger partial charge in [-0.25, -0.2) is 4.39 Å². The summed E-state index contributed by atoms with van der Waals surface area (Å²) in [4.78, 5) is 0. The summed E-state index contributed by atoms with van der Waals surface area (Å²) in [6, 6.07) is 14.1. The van der Waals surface area contributed by atoms with Crippen molar-refractivity contribution in [1.29, 1.82) is 0 Å². The number of methoxy groups -OCH3 is 1. The minimum Gasteiger partial charge on any atom is -0.497 e. The Hall–Kier alpha value is -2.03. The summed E-state index contributed by atoms with van der Waals surface area (Å²) in [6.07, 6.45) is 0. The van der Waals surface area contributed by atoms with E-state index in [1.54, 1.807) is 43.5 Å². The summed E-state index contributed by atoms with van der Waals surface area (Å²) in [5.41, 5.74) is 0.